The maximum Gasteiger partial charge on any atom is 0.323 e. The van der Waals surface area contributed by atoms with Crippen molar-refractivity contribution in [1.82, 2.24) is 5.32 Å². The van der Waals surface area contributed by atoms with E-state index in [1.165, 1.54) is 18.5 Å². The molecule has 1 aliphatic rings. The summed E-state index contributed by atoms with van der Waals surface area (Å²) in [5, 5.41) is 5.64. The molecule has 1 aromatic rings. The highest BCUT2D eigenvalue weighted by Crippen LogP contribution is 2.29. The standard InChI is InChI=1S/C17H25N3O.ClH/c1-4-20(5-2)15-8-9-16(13(3)12-15)19-17(21)18-11-10-14-6-7-14;/h8-12,14H,4-7H2,1-3H3,(H2,18,19,21);1H/p-1/b11-10+;. The van der Waals surface area contributed by atoms with E-state index in [2.05, 4.69) is 47.6 Å². The van der Waals surface area contributed by atoms with E-state index in [1.807, 2.05) is 13.0 Å². The Morgan fingerprint density at radius 2 is 2.00 bits per heavy atom. The summed E-state index contributed by atoms with van der Waals surface area (Å²) in [6.45, 7) is 8.27. The number of nitrogens with zero attached hydrogens (tertiary/aromatic N) is 1. The molecule has 2 amide bonds. The Hall–Kier alpha value is -1.68. The quantitative estimate of drug-likeness (QED) is 0.817. The Morgan fingerprint density at radius 3 is 2.55 bits per heavy atom. The number of hydrogen-bond donors (Lipinski definition) is 2. The molecule has 0 heterocycles. The number of nitrogens with one attached hydrogen (secondary N) is 2. The van der Waals surface area contributed by atoms with Crippen LogP contribution >= 0.6 is 0 Å². The van der Waals surface area contributed by atoms with Gasteiger partial charge in [0.15, 0.2) is 0 Å². The van der Waals surface area contributed by atoms with Gasteiger partial charge in [0.05, 0.1) is 0 Å². The van der Waals surface area contributed by atoms with E-state index in [-0.39, 0.29) is 18.4 Å². The zero-order valence-corrected chi connectivity index (χ0v) is 14.3. The number of carbonyl (C=O) groups is 1. The number of halogens is 1. The lowest BCUT2D eigenvalue weighted by Crippen LogP contribution is -3.00. The first-order valence-electron chi connectivity index (χ1n) is 7.73. The fourth-order valence-corrected chi connectivity index (χ4v) is 2.28. The van der Waals surface area contributed by atoms with Crippen molar-refractivity contribution in [3.8, 4) is 0 Å². The van der Waals surface area contributed by atoms with Gasteiger partial charge in [-0.05, 0) is 63.3 Å². The summed E-state index contributed by atoms with van der Waals surface area (Å²) in [7, 11) is 0. The van der Waals surface area contributed by atoms with E-state index in [9.17, 15) is 4.79 Å². The van der Waals surface area contributed by atoms with Gasteiger partial charge in [0.2, 0.25) is 0 Å². The van der Waals surface area contributed by atoms with Crippen molar-refractivity contribution < 1.29 is 17.2 Å². The van der Waals surface area contributed by atoms with Crippen LogP contribution in [0, 0.1) is 12.8 Å². The molecule has 1 aromatic carbocycles. The molecule has 0 radical (unpaired) electrons. The minimum absolute atomic E-state index is 0. The number of carbonyl (C=O) groups excluding carboxylic acids is 1. The minimum Gasteiger partial charge on any atom is -1.00 e. The first-order chi connectivity index (χ1) is 10.1. The molecule has 0 bridgehead atoms. The Morgan fingerprint density at radius 1 is 1.32 bits per heavy atom. The van der Waals surface area contributed by atoms with Crippen molar-refractivity contribution in [3.63, 3.8) is 0 Å². The van der Waals surface area contributed by atoms with Crippen molar-refractivity contribution in [3.05, 3.63) is 36.0 Å². The van der Waals surface area contributed by atoms with Crippen molar-refractivity contribution in [2.24, 2.45) is 5.92 Å². The number of hydrogen-bond acceptors (Lipinski definition) is 2. The van der Waals surface area contributed by atoms with Gasteiger partial charge in [-0.1, -0.05) is 6.08 Å². The fraction of sp³-hybridized carbons (Fsp3) is 0.471. The van der Waals surface area contributed by atoms with Crippen molar-refractivity contribution >= 4 is 17.4 Å². The van der Waals surface area contributed by atoms with Crippen LogP contribution in [0.15, 0.2) is 30.5 Å². The molecule has 0 aliphatic heterocycles. The lowest BCUT2D eigenvalue weighted by Gasteiger charge is -2.22. The molecule has 0 atom stereocenters. The highest BCUT2D eigenvalue weighted by Gasteiger charge is 2.17. The van der Waals surface area contributed by atoms with Crippen LogP contribution in [0.5, 0.6) is 0 Å². The molecule has 0 saturated heterocycles. The summed E-state index contributed by atoms with van der Waals surface area (Å²) in [5.41, 5.74) is 3.11. The molecule has 1 fully saturated rings. The van der Waals surface area contributed by atoms with E-state index >= 15 is 0 Å². The normalized spacial score (nSPS) is 13.6. The Labute approximate surface area is 139 Å². The number of allylic oxidation sites excluding steroid dienone is 1. The SMILES string of the molecule is CCN(CC)c1ccc(NC(=O)N/C=C/C2CC2)c(C)c1.[Cl-]. The van der Waals surface area contributed by atoms with Gasteiger partial charge in [-0.2, -0.15) is 0 Å². The first-order valence-corrected chi connectivity index (χ1v) is 7.73. The summed E-state index contributed by atoms with van der Waals surface area (Å²) in [4.78, 5) is 14.1. The van der Waals surface area contributed by atoms with Gasteiger partial charge in [0.25, 0.3) is 0 Å². The van der Waals surface area contributed by atoms with Gasteiger partial charge in [0, 0.05) is 30.7 Å². The topological polar surface area (TPSA) is 44.4 Å². The molecular weight excluding hydrogens is 298 g/mol. The van der Waals surface area contributed by atoms with Gasteiger partial charge >= 0.3 is 6.03 Å². The molecule has 4 nitrogen and oxygen atoms in total. The summed E-state index contributed by atoms with van der Waals surface area (Å²) in [6.07, 6.45) is 6.28. The molecule has 0 spiro atoms. The predicted molar refractivity (Wildman–Crippen MR) is 88.8 cm³/mol. The number of amides is 2. The number of aryl methyl sites for hydroxylation is 1. The van der Waals surface area contributed by atoms with Crippen LogP contribution in [-0.2, 0) is 0 Å². The maximum absolute atomic E-state index is 11.8. The summed E-state index contributed by atoms with van der Waals surface area (Å²) in [5.74, 6) is 0.667. The second-order valence-corrected chi connectivity index (χ2v) is 5.47. The third-order valence-corrected chi connectivity index (χ3v) is 3.79. The molecule has 2 rings (SSSR count). The lowest BCUT2D eigenvalue weighted by atomic mass is 10.1. The van der Waals surface area contributed by atoms with Crippen molar-refractivity contribution in [2.75, 3.05) is 23.3 Å². The Kier molecular flexibility index (Phi) is 7.25. The highest BCUT2D eigenvalue weighted by molar-refractivity contribution is 5.91. The smallest absolute Gasteiger partial charge is 0.323 e. The molecule has 22 heavy (non-hydrogen) atoms. The monoisotopic (exact) mass is 322 g/mol. The Balaban J connectivity index is 0.00000242. The zero-order chi connectivity index (χ0) is 15.2. The van der Waals surface area contributed by atoms with Crippen molar-refractivity contribution in [2.45, 2.75) is 33.6 Å². The van der Waals surface area contributed by atoms with Gasteiger partial charge in [0.1, 0.15) is 0 Å². The van der Waals surface area contributed by atoms with Crippen LogP contribution in [0.3, 0.4) is 0 Å². The van der Waals surface area contributed by atoms with Gasteiger partial charge in [-0.25, -0.2) is 4.79 Å². The van der Waals surface area contributed by atoms with E-state index < -0.39 is 0 Å². The van der Waals surface area contributed by atoms with Crippen molar-refractivity contribution in [1.29, 1.82) is 0 Å². The van der Waals surface area contributed by atoms with Crippen LogP contribution < -0.4 is 27.9 Å². The number of urea groups is 1. The third-order valence-electron chi connectivity index (χ3n) is 3.79. The van der Waals surface area contributed by atoms with E-state index in [0.29, 0.717) is 5.92 Å². The molecule has 1 aliphatic carbocycles. The van der Waals surface area contributed by atoms with Crippen LogP contribution in [0.25, 0.3) is 0 Å². The summed E-state index contributed by atoms with van der Waals surface area (Å²) in [6, 6.07) is 5.94. The second kappa shape index (κ2) is 8.69. The van der Waals surface area contributed by atoms with Gasteiger partial charge in [-0.3, -0.25) is 0 Å². The van der Waals surface area contributed by atoms with Crippen LogP contribution in [0.4, 0.5) is 16.2 Å². The molecule has 1 saturated carbocycles. The van der Waals surface area contributed by atoms with Crippen LogP contribution in [0.2, 0.25) is 0 Å². The molecule has 5 heteroatoms. The maximum atomic E-state index is 11.8. The van der Waals surface area contributed by atoms with Gasteiger partial charge < -0.3 is 27.9 Å². The van der Waals surface area contributed by atoms with Crippen LogP contribution in [0.1, 0.15) is 32.3 Å². The average Bonchev–Trinajstić information content (AvgIpc) is 3.27. The van der Waals surface area contributed by atoms with E-state index in [0.717, 1.165) is 24.3 Å². The summed E-state index contributed by atoms with van der Waals surface area (Å²) < 4.78 is 0. The van der Waals surface area contributed by atoms with Crippen LogP contribution in [-0.4, -0.2) is 19.1 Å². The molecule has 0 aromatic heterocycles. The van der Waals surface area contributed by atoms with E-state index in [4.69, 9.17) is 0 Å². The summed E-state index contributed by atoms with van der Waals surface area (Å²) >= 11 is 0. The van der Waals surface area contributed by atoms with E-state index in [1.54, 1.807) is 6.20 Å². The second-order valence-electron chi connectivity index (χ2n) is 5.47. The van der Waals surface area contributed by atoms with Gasteiger partial charge in [-0.15, -0.1) is 0 Å². The predicted octanol–water partition coefficient (Wildman–Crippen LogP) is 0.890. The Bertz CT molecular complexity index is 523. The average molecular weight is 323 g/mol. The fourth-order valence-electron chi connectivity index (χ4n) is 2.28. The molecule has 2 N–H and O–H groups in total. The minimum atomic E-state index is -0.189. The largest absolute Gasteiger partial charge is 1.00 e. The molecule has 122 valence electrons. The first kappa shape index (κ1) is 18.4. The highest BCUT2D eigenvalue weighted by atomic mass is 35.5. The molecule has 0 unspecified atom stereocenters. The number of anilines is 2. The zero-order valence-electron chi connectivity index (χ0n) is 13.5. The number of benzene rings is 1. The third kappa shape index (κ3) is 5.26. The lowest BCUT2D eigenvalue weighted by molar-refractivity contribution is -0.00000758. The molecular formula is C17H25ClN3O-. The number of rotatable bonds is 6.